The van der Waals surface area contributed by atoms with E-state index in [1.54, 1.807) is 0 Å². The molecule has 1 nitrogen and oxygen atoms in total. The highest BCUT2D eigenvalue weighted by molar-refractivity contribution is 6.12. The average molecular weight is 123 g/mol. The lowest BCUT2D eigenvalue weighted by Crippen LogP contribution is -2.30. The van der Waals surface area contributed by atoms with Crippen molar-refractivity contribution in [2.75, 3.05) is 20.1 Å². The number of fused-ring (bicyclic) bond motifs is 1. The van der Waals surface area contributed by atoms with Crippen molar-refractivity contribution < 1.29 is 0 Å². The molecule has 1 saturated carbocycles. The van der Waals surface area contributed by atoms with Gasteiger partial charge < -0.3 is 4.90 Å². The Morgan fingerprint density at radius 3 is 2.67 bits per heavy atom. The molecule has 0 amide bonds. The molecule has 0 spiro atoms. The van der Waals surface area contributed by atoms with Crippen LogP contribution in [0.3, 0.4) is 0 Å². The van der Waals surface area contributed by atoms with E-state index in [1.807, 2.05) is 0 Å². The Morgan fingerprint density at radius 2 is 2.22 bits per heavy atom. The zero-order chi connectivity index (χ0) is 6.43. The Balaban J connectivity index is 2.00. The molecule has 1 aliphatic carbocycles. The number of likely N-dealkylation sites (tertiary alicyclic amines) is 1. The first-order chi connectivity index (χ1) is 4.27. The quantitative estimate of drug-likeness (QED) is 0.409. The first kappa shape index (κ1) is 5.78. The molecule has 9 heavy (non-hydrogen) atoms. The van der Waals surface area contributed by atoms with Crippen molar-refractivity contribution in [1.29, 1.82) is 0 Å². The fraction of sp³-hybridized carbons (Fsp3) is 1.00. The van der Waals surface area contributed by atoms with Gasteiger partial charge in [-0.2, -0.15) is 0 Å². The molecule has 3 atom stereocenters. The van der Waals surface area contributed by atoms with Gasteiger partial charge in [-0.3, -0.25) is 0 Å². The summed E-state index contributed by atoms with van der Waals surface area (Å²) in [5.41, 5.74) is 0. The number of rotatable bonds is 0. The van der Waals surface area contributed by atoms with Gasteiger partial charge in [-0.05, 0) is 18.9 Å². The van der Waals surface area contributed by atoms with Crippen LogP contribution in [0.4, 0.5) is 0 Å². The van der Waals surface area contributed by atoms with E-state index < -0.39 is 0 Å². The summed E-state index contributed by atoms with van der Waals surface area (Å²) in [7, 11) is 4.63. The summed E-state index contributed by atoms with van der Waals surface area (Å²) >= 11 is 0. The SMILES string of the molecule is BC1CC2CN(C)CC12. The fourth-order valence-electron chi connectivity index (χ4n) is 2.47. The van der Waals surface area contributed by atoms with Crippen molar-refractivity contribution >= 4 is 7.85 Å². The van der Waals surface area contributed by atoms with E-state index in [-0.39, 0.29) is 0 Å². The lowest BCUT2D eigenvalue weighted by Gasteiger charge is -2.37. The molecule has 0 N–H and O–H groups in total. The highest BCUT2D eigenvalue weighted by Gasteiger charge is 2.42. The molecule has 0 aromatic rings. The van der Waals surface area contributed by atoms with Gasteiger partial charge in [-0.15, -0.1) is 0 Å². The molecule has 0 aromatic carbocycles. The fourth-order valence-corrected chi connectivity index (χ4v) is 2.47. The van der Waals surface area contributed by atoms with Gasteiger partial charge in [0.15, 0.2) is 0 Å². The molecule has 2 rings (SSSR count). The summed E-state index contributed by atoms with van der Waals surface area (Å²) in [5.74, 6) is 3.17. The molecule has 0 aromatic heterocycles. The lowest BCUT2D eigenvalue weighted by atomic mass is 9.57. The molecule has 0 radical (unpaired) electrons. The molecule has 50 valence electrons. The van der Waals surface area contributed by atoms with Crippen LogP contribution in [0.2, 0.25) is 5.82 Å². The predicted octanol–water partition coefficient (Wildman–Crippen LogP) is -0.0105. The van der Waals surface area contributed by atoms with Crippen LogP contribution in [-0.4, -0.2) is 32.9 Å². The summed E-state index contributed by atoms with van der Waals surface area (Å²) in [6.07, 6.45) is 1.50. The second-order valence-corrected chi connectivity index (χ2v) is 3.86. The monoisotopic (exact) mass is 123 g/mol. The van der Waals surface area contributed by atoms with Crippen LogP contribution in [0.5, 0.6) is 0 Å². The minimum atomic E-state index is 1.03. The van der Waals surface area contributed by atoms with Crippen molar-refractivity contribution in [3.8, 4) is 0 Å². The summed E-state index contributed by atoms with van der Waals surface area (Å²) in [6.45, 7) is 2.74. The van der Waals surface area contributed by atoms with Crippen molar-refractivity contribution in [2.24, 2.45) is 11.8 Å². The third-order valence-electron chi connectivity index (χ3n) is 3.08. The number of hydrogen-bond donors (Lipinski definition) is 0. The second kappa shape index (κ2) is 1.75. The maximum Gasteiger partial charge on any atom is 0.105 e. The van der Waals surface area contributed by atoms with Crippen LogP contribution >= 0.6 is 0 Å². The van der Waals surface area contributed by atoms with Gasteiger partial charge in [0.05, 0.1) is 0 Å². The molecule has 0 bridgehead atoms. The van der Waals surface area contributed by atoms with Gasteiger partial charge in [0, 0.05) is 13.1 Å². The molecule has 2 aliphatic rings. The average Bonchev–Trinajstić information content (AvgIpc) is 2.08. The third-order valence-corrected chi connectivity index (χ3v) is 3.08. The molecule has 2 heteroatoms. The predicted molar refractivity (Wildman–Crippen MR) is 41.4 cm³/mol. The summed E-state index contributed by atoms with van der Waals surface area (Å²) in [6, 6.07) is 0. The smallest absolute Gasteiger partial charge is 0.105 e. The number of hydrogen-bond acceptors (Lipinski definition) is 1. The Morgan fingerprint density at radius 1 is 1.44 bits per heavy atom. The van der Waals surface area contributed by atoms with Gasteiger partial charge >= 0.3 is 0 Å². The second-order valence-electron chi connectivity index (χ2n) is 3.86. The molecule has 1 saturated heterocycles. The highest BCUT2D eigenvalue weighted by Crippen LogP contribution is 2.47. The third kappa shape index (κ3) is 0.726. The van der Waals surface area contributed by atoms with Crippen LogP contribution in [0.15, 0.2) is 0 Å². The Hall–Kier alpha value is 0.0249. The molecular formula is C7H14BN. The molecule has 2 fully saturated rings. The summed E-state index contributed by atoms with van der Waals surface area (Å²) in [5, 5.41) is 0. The van der Waals surface area contributed by atoms with E-state index in [9.17, 15) is 0 Å². The lowest BCUT2D eigenvalue weighted by molar-refractivity contribution is 0.245. The zero-order valence-electron chi connectivity index (χ0n) is 6.30. The molecule has 1 heterocycles. The van der Waals surface area contributed by atoms with Crippen molar-refractivity contribution in [3.63, 3.8) is 0 Å². The van der Waals surface area contributed by atoms with E-state index in [4.69, 9.17) is 0 Å². The van der Waals surface area contributed by atoms with Crippen LogP contribution in [-0.2, 0) is 0 Å². The Labute approximate surface area is 57.8 Å². The standard InChI is InChI=1S/C7H14BN/c1-9-3-5-2-7(8)6(5)4-9/h5-7H,2-4,8H2,1H3. The Kier molecular flexibility index (Phi) is 1.13. The zero-order valence-corrected chi connectivity index (χ0v) is 6.30. The van der Waals surface area contributed by atoms with Crippen LogP contribution in [0, 0.1) is 11.8 Å². The van der Waals surface area contributed by atoms with E-state index in [2.05, 4.69) is 19.8 Å². The molecular weight excluding hydrogens is 109 g/mol. The van der Waals surface area contributed by atoms with Crippen LogP contribution in [0.1, 0.15) is 6.42 Å². The maximum atomic E-state index is 2.47. The minimum Gasteiger partial charge on any atom is -0.306 e. The van der Waals surface area contributed by atoms with E-state index in [0.29, 0.717) is 0 Å². The van der Waals surface area contributed by atoms with E-state index in [0.717, 1.165) is 17.7 Å². The van der Waals surface area contributed by atoms with Gasteiger partial charge in [0.2, 0.25) is 0 Å². The maximum absolute atomic E-state index is 2.47. The largest absolute Gasteiger partial charge is 0.306 e. The van der Waals surface area contributed by atoms with Gasteiger partial charge in [-0.25, -0.2) is 0 Å². The summed E-state index contributed by atoms with van der Waals surface area (Å²) in [4.78, 5) is 2.47. The van der Waals surface area contributed by atoms with E-state index in [1.165, 1.54) is 19.5 Å². The molecule has 1 aliphatic heterocycles. The van der Waals surface area contributed by atoms with Gasteiger partial charge in [0.25, 0.3) is 0 Å². The van der Waals surface area contributed by atoms with Gasteiger partial charge in [-0.1, -0.05) is 12.2 Å². The van der Waals surface area contributed by atoms with Crippen molar-refractivity contribution in [2.45, 2.75) is 12.2 Å². The first-order valence-electron chi connectivity index (χ1n) is 3.96. The minimum absolute atomic E-state index is 1.03. The highest BCUT2D eigenvalue weighted by atomic mass is 15.1. The molecule has 3 unspecified atom stereocenters. The van der Waals surface area contributed by atoms with Crippen molar-refractivity contribution in [1.82, 2.24) is 4.90 Å². The first-order valence-corrected chi connectivity index (χ1v) is 3.96. The number of nitrogens with zero attached hydrogens (tertiary/aromatic N) is 1. The van der Waals surface area contributed by atoms with E-state index >= 15 is 0 Å². The van der Waals surface area contributed by atoms with Gasteiger partial charge in [0.1, 0.15) is 7.85 Å². The van der Waals surface area contributed by atoms with Crippen LogP contribution in [0.25, 0.3) is 0 Å². The summed E-state index contributed by atoms with van der Waals surface area (Å²) < 4.78 is 0. The van der Waals surface area contributed by atoms with Crippen LogP contribution < -0.4 is 0 Å². The topological polar surface area (TPSA) is 3.24 Å². The Bertz CT molecular complexity index is 126. The normalized spacial score (nSPS) is 50.6. The van der Waals surface area contributed by atoms with Crippen molar-refractivity contribution in [3.05, 3.63) is 0 Å².